The van der Waals surface area contributed by atoms with Gasteiger partial charge in [-0.25, -0.2) is 13.2 Å². The minimum absolute atomic E-state index is 0.113. The van der Waals surface area contributed by atoms with Crippen molar-refractivity contribution in [3.63, 3.8) is 0 Å². The minimum atomic E-state index is -3.72. The molecule has 0 radical (unpaired) electrons. The average Bonchev–Trinajstić information content (AvgIpc) is 3.46. The Bertz CT molecular complexity index is 1430. The molecule has 46 heavy (non-hydrogen) atoms. The molecule has 1 aromatic rings. The first-order valence-electron chi connectivity index (χ1n) is 14.5. The fourth-order valence-electron chi connectivity index (χ4n) is 4.60. The van der Waals surface area contributed by atoms with Gasteiger partial charge in [-0.1, -0.05) is 62.7 Å². The molecule has 1 aliphatic rings. The molecule has 0 bridgehead atoms. The average molecular weight is 684 g/mol. The Labute approximate surface area is 273 Å². The van der Waals surface area contributed by atoms with Crippen LogP contribution < -0.4 is 16.0 Å². The first-order valence-corrected chi connectivity index (χ1v) is 16.8. The van der Waals surface area contributed by atoms with E-state index >= 15 is 0 Å². The summed E-state index contributed by atoms with van der Waals surface area (Å²) in [4.78, 5) is 69.8. The molecule has 0 unspecified atom stereocenters. The van der Waals surface area contributed by atoms with Crippen molar-refractivity contribution in [2.24, 2.45) is 10.4 Å². The number of carbonyl (C=O) groups excluding carboxylic acids is 4. The summed E-state index contributed by atoms with van der Waals surface area (Å²) in [6.45, 7) is 5.15. The van der Waals surface area contributed by atoms with E-state index in [0.717, 1.165) is 6.26 Å². The molecule has 254 valence electrons. The Hall–Kier alpha value is -3.98. The number of carboxylic acids is 1. The van der Waals surface area contributed by atoms with Crippen LogP contribution in [0.25, 0.3) is 0 Å². The number of carbonyl (C=O) groups is 5. The molecular formula is C30H42ClN5O9S. The summed E-state index contributed by atoms with van der Waals surface area (Å²) < 4.78 is 28.4. The van der Waals surface area contributed by atoms with Crippen LogP contribution in [0.2, 0.25) is 0 Å². The largest absolute Gasteiger partial charge is 0.481 e. The lowest BCUT2D eigenvalue weighted by Gasteiger charge is -2.36. The number of alkyl carbamates (subject to hydrolysis) is 1. The van der Waals surface area contributed by atoms with Gasteiger partial charge in [-0.15, -0.1) is 0 Å². The van der Waals surface area contributed by atoms with E-state index in [0.29, 0.717) is 18.4 Å². The van der Waals surface area contributed by atoms with E-state index in [9.17, 15) is 37.5 Å². The number of sulfone groups is 1. The van der Waals surface area contributed by atoms with E-state index in [-0.39, 0.29) is 19.6 Å². The van der Waals surface area contributed by atoms with Gasteiger partial charge >= 0.3 is 12.1 Å². The number of halogens is 1. The lowest BCUT2D eigenvalue weighted by Crippen LogP contribution is -2.60. The number of amides is 4. The molecular weight excluding hydrogens is 642 g/mol. The smallest absolute Gasteiger partial charge is 0.408 e. The number of rotatable bonds is 14. The summed E-state index contributed by atoms with van der Waals surface area (Å²) in [5, 5.41) is 17.0. The normalized spacial score (nSPS) is 17.6. The predicted molar refractivity (Wildman–Crippen MR) is 172 cm³/mol. The van der Waals surface area contributed by atoms with Crippen LogP contribution >= 0.6 is 11.6 Å². The van der Waals surface area contributed by atoms with Gasteiger partial charge in [0.25, 0.3) is 0 Å². The number of hydrogen-bond donors (Lipinski definition) is 4. The van der Waals surface area contributed by atoms with Crippen LogP contribution in [0.3, 0.4) is 0 Å². The van der Waals surface area contributed by atoms with Gasteiger partial charge in [-0.3, -0.25) is 19.2 Å². The molecule has 1 fully saturated rings. The molecule has 1 heterocycles. The van der Waals surface area contributed by atoms with Crippen LogP contribution in [0, 0.1) is 5.41 Å². The number of benzene rings is 1. The molecule has 4 atom stereocenters. The van der Waals surface area contributed by atoms with Crippen molar-refractivity contribution in [1.82, 2.24) is 20.9 Å². The number of nitrogens with zero attached hydrogens (tertiary/aromatic N) is 2. The third-order valence-electron chi connectivity index (χ3n) is 6.99. The first-order chi connectivity index (χ1) is 21.4. The van der Waals surface area contributed by atoms with E-state index in [4.69, 9.17) is 16.3 Å². The highest BCUT2D eigenvalue weighted by Crippen LogP contribution is 2.26. The van der Waals surface area contributed by atoms with Gasteiger partial charge in [0.05, 0.1) is 12.5 Å². The van der Waals surface area contributed by atoms with Crippen LogP contribution in [0.5, 0.6) is 0 Å². The molecule has 16 heteroatoms. The van der Waals surface area contributed by atoms with Crippen molar-refractivity contribution in [3.8, 4) is 0 Å². The van der Waals surface area contributed by atoms with E-state index < -0.39 is 80.0 Å². The number of nitrogens with one attached hydrogen (secondary N) is 3. The van der Waals surface area contributed by atoms with Gasteiger partial charge in [0.15, 0.2) is 9.84 Å². The van der Waals surface area contributed by atoms with Gasteiger partial charge in [0, 0.05) is 32.5 Å². The molecule has 0 aliphatic carbocycles. The Morgan fingerprint density at radius 1 is 1.13 bits per heavy atom. The molecule has 1 aliphatic heterocycles. The van der Waals surface area contributed by atoms with Gasteiger partial charge in [-0.2, -0.15) is 0 Å². The fraction of sp³-hybridized carbons (Fsp3) is 0.533. The third-order valence-corrected chi connectivity index (χ3v) is 8.81. The second kappa shape index (κ2) is 17.1. The summed E-state index contributed by atoms with van der Waals surface area (Å²) in [5.74, 6) is -3.44. The molecule has 1 aromatic carbocycles. The van der Waals surface area contributed by atoms with Crippen molar-refractivity contribution >= 4 is 57.4 Å². The maximum absolute atomic E-state index is 13.9. The standard InChI is InChI=1S/C30H42ClN5O9S/c1-30(2,3)25(35-26(39)21(17-24(37)38)34-29(42)45-18-19-10-7-6-8-11-19)28(41)36-15-9-12-22(36)27(40)33-20(13-14-32-4)16-23(31)46(5,43)44/h6-8,10-11,14,16,20-22,25H,9,12-13,15,17-18H2,1-5H3,(H,33,40)(H,34,42)(H,35,39)(H,37,38)/b23-16+,32-14?/t20-,21-,22+,25-/m0/s1. The SMILES string of the molecule is CN=CC[C@@H](/C=C(\Cl)S(C)(=O)=O)NC(=O)[C@H]1CCCN1C(=O)[C@H](NC(=O)[C@H](CC(=O)O)NC(=O)OCc1ccccc1)C(C)(C)C. The highest BCUT2D eigenvalue weighted by Gasteiger charge is 2.43. The molecule has 14 nitrogen and oxygen atoms in total. The van der Waals surface area contributed by atoms with Crippen molar-refractivity contribution in [2.75, 3.05) is 19.8 Å². The Kier molecular flexibility index (Phi) is 14.2. The van der Waals surface area contributed by atoms with Crippen molar-refractivity contribution in [1.29, 1.82) is 0 Å². The Morgan fingerprint density at radius 2 is 1.78 bits per heavy atom. The van der Waals surface area contributed by atoms with E-state index in [1.54, 1.807) is 51.1 Å². The third kappa shape index (κ3) is 12.1. The minimum Gasteiger partial charge on any atom is -0.481 e. The highest BCUT2D eigenvalue weighted by atomic mass is 35.5. The molecule has 4 N–H and O–H groups in total. The number of hydrogen-bond acceptors (Lipinski definition) is 9. The predicted octanol–water partition coefficient (Wildman–Crippen LogP) is 1.98. The summed E-state index contributed by atoms with van der Waals surface area (Å²) in [6, 6.07) is 4.18. The van der Waals surface area contributed by atoms with Crippen LogP contribution in [-0.2, 0) is 40.4 Å². The number of aliphatic carboxylic acids is 1. The van der Waals surface area contributed by atoms with Crippen LogP contribution in [-0.4, -0.2) is 98.4 Å². The zero-order chi connectivity index (χ0) is 34.7. The van der Waals surface area contributed by atoms with Crippen molar-refractivity contribution < 1.29 is 42.2 Å². The van der Waals surface area contributed by atoms with E-state index in [1.165, 1.54) is 24.2 Å². The maximum Gasteiger partial charge on any atom is 0.408 e. The molecule has 0 aromatic heterocycles. The molecule has 2 rings (SSSR count). The second-order valence-electron chi connectivity index (χ2n) is 11.9. The van der Waals surface area contributed by atoms with Gasteiger partial charge in [0.2, 0.25) is 17.7 Å². The molecule has 0 saturated carbocycles. The summed E-state index contributed by atoms with van der Waals surface area (Å²) in [6.07, 6.45) is 2.72. The lowest BCUT2D eigenvalue weighted by atomic mass is 9.85. The second-order valence-corrected chi connectivity index (χ2v) is 14.5. The van der Waals surface area contributed by atoms with Gasteiger partial charge < -0.3 is 35.7 Å². The van der Waals surface area contributed by atoms with Crippen molar-refractivity contribution in [2.45, 2.75) is 77.2 Å². The fourth-order valence-corrected chi connectivity index (χ4v) is 5.16. The topological polar surface area (TPSA) is 201 Å². The van der Waals surface area contributed by atoms with Crippen molar-refractivity contribution in [3.05, 3.63) is 46.3 Å². The van der Waals surface area contributed by atoms with Gasteiger partial charge in [-0.05, 0) is 29.9 Å². The molecule has 0 spiro atoms. The zero-order valence-electron chi connectivity index (χ0n) is 26.5. The number of aliphatic imine (C=N–C) groups is 1. The Balaban J connectivity index is 2.22. The zero-order valence-corrected chi connectivity index (χ0v) is 28.1. The molecule has 1 saturated heterocycles. The number of ether oxygens (including phenoxy) is 1. The first kappa shape index (κ1) is 38.2. The molecule has 4 amide bonds. The van der Waals surface area contributed by atoms with Crippen LogP contribution in [0.4, 0.5) is 4.79 Å². The van der Waals surface area contributed by atoms with Crippen LogP contribution in [0.15, 0.2) is 45.8 Å². The maximum atomic E-state index is 13.9. The van der Waals surface area contributed by atoms with E-state index in [2.05, 4.69) is 20.9 Å². The van der Waals surface area contributed by atoms with Gasteiger partial charge in [0.1, 0.15) is 29.1 Å². The highest BCUT2D eigenvalue weighted by molar-refractivity contribution is 7.96. The lowest BCUT2D eigenvalue weighted by molar-refractivity contribution is -0.145. The number of carboxylic acid groups (broad SMARTS) is 1. The monoisotopic (exact) mass is 683 g/mol. The van der Waals surface area contributed by atoms with Crippen LogP contribution in [0.1, 0.15) is 52.0 Å². The summed E-state index contributed by atoms with van der Waals surface area (Å²) >= 11 is 5.93. The summed E-state index contributed by atoms with van der Waals surface area (Å²) in [5.41, 5.74) is -0.220. The van der Waals surface area contributed by atoms with E-state index in [1.807, 2.05) is 0 Å². The summed E-state index contributed by atoms with van der Waals surface area (Å²) in [7, 11) is -2.21. The quantitative estimate of drug-likeness (QED) is 0.212. The Morgan fingerprint density at radius 3 is 2.35 bits per heavy atom. The number of likely N-dealkylation sites (tertiary alicyclic amines) is 1.